The average molecular weight is 445 g/mol. The van der Waals surface area contributed by atoms with Crippen molar-refractivity contribution in [2.24, 2.45) is 5.92 Å². The number of hydrogen-bond donors (Lipinski definition) is 1. The quantitative estimate of drug-likeness (QED) is 0.562. The summed E-state index contributed by atoms with van der Waals surface area (Å²) in [6.45, 7) is 1.91. The van der Waals surface area contributed by atoms with Crippen molar-refractivity contribution >= 4 is 44.6 Å². The van der Waals surface area contributed by atoms with E-state index in [2.05, 4.69) is 27.5 Å². The molecule has 0 spiro atoms. The van der Waals surface area contributed by atoms with Crippen LogP contribution in [0.3, 0.4) is 0 Å². The zero-order valence-electron chi connectivity index (χ0n) is 16.9. The molecule has 3 aromatic rings. The van der Waals surface area contributed by atoms with E-state index in [9.17, 15) is 13.2 Å². The maximum Gasteiger partial charge on any atom is 0.269 e. The van der Waals surface area contributed by atoms with Crippen LogP contribution in [0, 0.1) is 12.8 Å². The molecule has 30 heavy (non-hydrogen) atoms. The Morgan fingerprint density at radius 1 is 1.20 bits per heavy atom. The van der Waals surface area contributed by atoms with Crippen LogP contribution in [0.2, 0.25) is 0 Å². The Bertz CT molecular complexity index is 1180. The number of hydrogen-bond acceptors (Lipinski definition) is 6. The highest BCUT2D eigenvalue weighted by Gasteiger charge is 2.33. The van der Waals surface area contributed by atoms with Crippen LogP contribution in [0.25, 0.3) is 11.0 Å². The summed E-state index contributed by atoms with van der Waals surface area (Å²) < 4.78 is 27.5. The number of carbonyl (C=O) groups excluding carboxylic acids is 1. The van der Waals surface area contributed by atoms with Crippen LogP contribution in [0.1, 0.15) is 31.2 Å². The summed E-state index contributed by atoms with van der Waals surface area (Å²) in [5, 5.41) is 0.630. The number of fused-ring (bicyclic) bond motifs is 1. The Morgan fingerprint density at radius 2 is 1.90 bits per heavy atom. The Hall–Kier alpha value is -2.39. The van der Waals surface area contributed by atoms with Gasteiger partial charge in [-0.05, 0) is 50.3 Å². The molecule has 1 aliphatic carbocycles. The lowest BCUT2D eigenvalue weighted by Gasteiger charge is -2.42. The number of benzene rings is 1. The third-order valence-corrected chi connectivity index (χ3v) is 7.77. The summed E-state index contributed by atoms with van der Waals surface area (Å²) in [6, 6.07) is 8.83. The number of aryl methyl sites for hydroxylation is 1. The van der Waals surface area contributed by atoms with Crippen molar-refractivity contribution < 1.29 is 13.2 Å². The molecule has 0 saturated heterocycles. The summed E-state index contributed by atoms with van der Waals surface area (Å²) in [7, 11) is -1.78. The number of thiol groups is 1. The highest BCUT2D eigenvalue weighted by molar-refractivity contribution is 7.96. The predicted molar refractivity (Wildman–Crippen MR) is 119 cm³/mol. The van der Waals surface area contributed by atoms with Crippen molar-refractivity contribution in [1.82, 2.24) is 13.9 Å². The van der Waals surface area contributed by atoms with Gasteiger partial charge in [0.25, 0.3) is 10.0 Å². The maximum absolute atomic E-state index is 13.1. The molecule has 9 heteroatoms. The molecule has 1 saturated carbocycles. The van der Waals surface area contributed by atoms with Gasteiger partial charge in [0, 0.05) is 25.7 Å². The highest BCUT2D eigenvalue weighted by atomic mass is 32.2. The summed E-state index contributed by atoms with van der Waals surface area (Å²) in [4.78, 5) is 22.1. The molecule has 1 fully saturated rings. The van der Waals surface area contributed by atoms with E-state index in [1.54, 1.807) is 30.3 Å². The van der Waals surface area contributed by atoms with Gasteiger partial charge >= 0.3 is 0 Å². The summed E-state index contributed by atoms with van der Waals surface area (Å²) in [6.07, 6.45) is 6.26. The molecule has 0 N–H and O–H groups in total. The monoisotopic (exact) mass is 444 g/mol. The van der Waals surface area contributed by atoms with Crippen molar-refractivity contribution in [2.75, 3.05) is 11.9 Å². The lowest BCUT2D eigenvalue weighted by atomic mass is 9.77. The van der Waals surface area contributed by atoms with Gasteiger partial charge in [0.1, 0.15) is 12.1 Å². The van der Waals surface area contributed by atoms with Crippen LogP contribution in [0.5, 0.6) is 0 Å². The summed E-state index contributed by atoms with van der Waals surface area (Å²) >= 11 is 3.84. The van der Waals surface area contributed by atoms with Gasteiger partial charge in [0.2, 0.25) is 0 Å². The third-order valence-electron chi connectivity index (χ3n) is 5.86. The van der Waals surface area contributed by atoms with Crippen LogP contribution >= 0.6 is 12.6 Å². The minimum absolute atomic E-state index is 0.0690. The molecule has 0 radical (unpaired) electrons. The molecule has 2 heterocycles. The molecule has 0 aliphatic heterocycles. The minimum Gasteiger partial charge on any atom is -0.356 e. The fourth-order valence-electron chi connectivity index (χ4n) is 3.97. The van der Waals surface area contributed by atoms with Gasteiger partial charge in [0.15, 0.2) is 10.8 Å². The van der Waals surface area contributed by atoms with Crippen molar-refractivity contribution in [2.45, 2.75) is 43.5 Å². The first-order valence-electron chi connectivity index (χ1n) is 9.86. The summed E-state index contributed by atoms with van der Waals surface area (Å²) in [5.74, 6) is 1.23. The van der Waals surface area contributed by atoms with Gasteiger partial charge in [-0.1, -0.05) is 17.7 Å². The van der Waals surface area contributed by atoms with Crippen LogP contribution in [0.4, 0.5) is 5.82 Å². The largest absolute Gasteiger partial charge is 0.356 e. The Labute approximate surface area is 181 Å². The standard InChI is InChI=1S/C21H24N4O3S2/c1-14-3-6-17(7-4-14)30(27,28)25-10-9-18-20(22-13-23-21(18)25)24(2)16-11-15(12-16)5-8-19(26)29/h3-4,6-7,9-10,13,15-16H,5,8,11-12H2,1-2H3,(H,26,29)/t15-,16+. The van der Waals surface area contributed by atoms with E-state index < -0.39 is 10.0 Å². The Balaban J connectivity index is 1.60. The summed E-state index contributed by atoms with van der Waals surface area (Å²) in [5.41, 5.74) is 1.36. The highest BCUT2D eigenvalue weighted by Crippen LogP contribution is 2.38. The fourth-order valence-corrected chi connectivity index (χ4v) is 5.40. The SMILES string of the molecule is Cc1ccc(S(=O)(=O)n2ccc3c(N(C)[C@H]4C[C@@H](CCC(=O)S)C4)ncnc32)cc1. The molecule has 7 nitrogen and oxygen atoms in total. The number of carbonyl (C=O) groups is 1. The maximum atomic E-state index is 13.1. The molecule has 1 aromatic carbocycles. The molecule has 0 unspecified atom stereocenters. The van der Waals surface area contributed by atoms with Crippen molar-refractivity contribution in [1.29, 1.82) is 0 Å². The number of nitrogens with zero attached hydrogens (tertiary/aromatic N) is 4. The number of aromatic nitrogens is 3. The Kier molecular flexibility index (Phi) is 5.59. The molecule has 1 aliphatic rings. The number of rotatable bonds is 7. The van der Waals surface area contributed by atoms with E-state index in [1.165, 1.54) is 16.5 Å². The third kappa shape index (κ3) is 3.83. The molecule has 0 atom stereocenters. The molecule has 4 rings (SSSR count). The second kappa shape index (κ2) is 8.03. The first-order valence-corrected chi connectivity index (χ1v) is 11.7. The van der Waals surface area contributed by atoms with Crippen LogP contribution in [-0.2, 0) is 14.8 Å². The molecular weight excluding hydrogens is 420 g/mol. The number of anilines is 1. The van der Waals surface area contributed by atoms with E-state index in [1.807, 2.05) is 14.0 Å². The van der Waals surface area contributed by atoms with Gasteiger partial charge in [-0.2, -0.15) is 0 Å². The van der Waals surface area contributed by atoms with E-state index in [0.717, 1.165) is 24.8 Å². The zero-order valence-corrected chi connectivity index (χ0v) is 18.6. The topological polar surface area (TPSA) is 85.2 Å². The predicted octanol–water partition coefficient (Wildman–Crippen LogP) is 3.43. The van der Waals surface area contributed by atoms with Gasteiger partial charge < -0.3 is 4.90 Å². The van der Waals surface area contributed by atoms with E-state index >= 15 is 0 Å². The van der Waals surface area contributed by atoms with Gasteiger partial charge in [-0.25, -0.2) is 22.4 Å². The second-order valence-corrected chi connectivity index (χ2v) is 10.2. The van der Waals surface area contributed by atoms with E-state index in [4.69, 9.17) is 0 Å². The van der Waals surface area contributed by atoms with Crippen molar-refractivity contribution in [3.05, 3.63) is 48.4 Å². The Morgan fingerprint density at radius 3 is 2.57 bits per heavy atom. The molecule has 2 aromatic heterocycles. The lowest BCUT2D eigenvalue weighted by Crippen LogP contribution is -2.43. The van der Waals surface area contributed by atoms with Crippen LogP contribution < -0.4 is 4.90 Å². The molecular formula is C21H24N4O3S2. The molecule has 0 amide bonds. The van der Waals surface area contributed by atoms with Gasteiger partial charge in [-0.15, -0.1) is 12.6 Å². The first-order chi connectivity index (χ1) is 14.3. The van der Waals surface area contributed by atoms with Crippen LogP contribution in [-0.4, -0.2) is 40.6 Å². The smallest absolute Gasteiger partial charge is 0.269 e. The zero-order chi connectivity index (χ0) is 21.5. The van der Waals surface area contributed by atoms with Crippen molar-refractivity contribution in [3.8, 4) is 0 Å². The fraction of sp³-hybridized carbons (Fsp3) is 0.381. The van der Waals surface area contributed by atoms with E-state index in [0.29, 0.717) is 35.2 Å². The normalized spacial score (nSPS) is 18.9. The second-order valence-electron chi connectivity index (χ2n) is 7.90. The van der Waals surface area contributed by atoms with Gasteiger partial charge in [0.05, 0.1) is 10.3 Å². The minimum atomic E-state index is -3.75. The van der Waals surface area contributed by atoms with Crippen LogP contribution in [0.15, 0.2) is 47.8 Å². The average Bonchev–Trinajstić information content (AvgIpc) is 3.11. The van der Waals surface area contributed by atoms with Gasteiger partial charge in [-0.3, -0.25) is 4.79 Å². The lowest BCUT2D eigenvalue weighted by molar-refractivity contribution is -0.111. The van der Waals surface area contributed by atoms with E-state index in [-0.39, 0.29) is 10.0 Å². The first kappa shape index (κ1) is 20.9. The van der Waals surface area contributed by atoms with Crippen molar-refractivity contribution in [3.63, 3.8) is 0 Å². The molecule has 158 valence electrons. The molecule has 0 bridgehead atoms.